The van der Waals surface area contributed by atoms with Gasteiger partial charge >= 0.3 is 5.71 Å². The minimum absolute atomic E-state index is 0. The molecule has 2 fully saturated rings. The molecule has 2 saturated carbocycles. The monoisotopic (exact) mass is 412 g/mol. The molecule has 2 aliphatic carbocycles. The molecule has 0 saturated heterocycles. The van der Waals surface area contributed by atoms with Gasteiger partial charge in [-0.05, 0) is 58.3 Å². The number of carbonyl (C=O) groups excluding carboxylic acids is 1. The molecule has 0 aromatic rings. The molecule has 2 rings (SSSR count). The Balaban J connectivity index is 0.00000200. The molecule has 0 aliphatic heterocycles. The molecule has 0 atom stereocenters. The summed E-state index contributed by atoms with van der Waals surface area (Å²) in [6.07, 6.45) is 13.1. The molecule has 0 N–H and O–H groups in total. The second-order valence-corrected chi connectivity index (χ2v) is 10.6. The van der Waals surface area contributed by atoms with Crippen molar-refractivity contribution < 1.29 is 33.5 Å². The van der Waals surface area contributed by atoms with Gasteiger partial charge in [-0.3, -0.25) is 0 Å². The zero-order valence-electron chi connectivity index (χ0n) is 13.1. The van der Waals surface area contributed by atoms with E-state index in [1.54, 1.807) is 0 Å². The maximum absolute atomic E-state index is 12.7. The van der Waals surface area contributed by atoms with Crippen molar-refractivity contribution in [3.63, 3.8) is 0 Å². The lowest BCUT2D eigenvalue weighted by Gasteiger charge is -2.38. The molecule has 0 heterocycles. The number of hydrogen-bond acceptors (Lipinski definition) is 2. The van der Waals surface area contributed by atoms with Gasteiger partial charge in [0.1, 0.15) is 7.26 Å². The maximum Gasteiger partial charge on any atom is 0.450 e. The fourth-order valence-electron chi connectivity index (χ4n) is 4.09. The van der Waals surface area contributed by atoms with Crippen molar-refractivity contribution in [2.24, 2.45) is 0 Å². The van der Waals surface area contributed by atoms with Crippen molar-refractivity contribution in [3.05, 3.63) is 0 Å². The molecule has 0 radical (unpaired) electrons. The van der Waals surface area contributed by atoms with Gasteiger partial charge < -0.3 is 28.7 Å². The van der Waals surface area contributed by atoms with Gasteiger partial charge in [0.2, 0.25) is 0 Å². The molecule has 0 unspecified atom stereocenters. The van der Waals surface area contributed by atoms with Crippen LogP contribution in [0.1, 0.15) is 71.1 Å². The summed E-state index contributed by atoms with van der Waals surface area (Å²) in [5, 5.41) is 0. The Morgan fingerprint density at radius 2 is 1.35 bits per heavy atom. The van der Waals surface area contributed by atoms with Crippen LogP contribution in [0, 0.1) is 0 Å². The molecule has 118 valence electrons. The van der Waals surface area contributed by atoms with Gasteiger partial charge in [-0.15, -0.1) is 0 Å². The van der Waals surface area contributed by atoms with Crippen LogP contribution in [0.25, 0.3) is 0 Å². The van der Waals surface area contributed by atoms with E-state index < -0.39 is 7.26 Å². The Hall–Kier alpha value is 0.630. The SMILES string of the molecule is CCOC(=O)[P+](C)(C1CCCCC1)C1CCCCC1.[I-]. The third kappa shape index (κ3) is 4.09. The van der Waals surface area contributed by atoms with Crippen LogP contribution in [0.2, 0.25) is 0 Å². The highest BCUT2D eigenvalue weighted by Crippen LogP contribution is 2.70. The minimum atomic E-state index is -1.59. The molecular weight excluding hydrogens is 382 g/mol. The highest BCUT2D eigenvalue weighted by molar-refractivity contribution is 7.91. The zero-order valence-corrected chi connectivity index (χ0v) is 16.1. The first-order chi connectivity index (χ1) is 9.19. The normalized spacial score (nSPS) is 22.1. The van der Waals surface area contributed by atoms with Gasteiger partial charge in [0.15, 0.2) is 0 Å². The maximum atomic E-state index is 12.7. The van der Waals surface area contributed by atoms with Gasteiger partial charge in [0, 0.05) is 0 Å². The van der Waals surface area contributed by atoms with E-state index in [4.69, 9.17) is 4.74 Å². The van der Waals surface area contributed by atoms with Crippen molar-refractivity contribution in [2.75, 3.05) is 13.3 Å². The predicted octanol–water partition coefficient (Wildman–Crippen LogP) is 2.46. The van der Waals surface area contributed by atoms with E-state index in [0.29, 0.717) is 17.9 Å². The van der Waals surface area contributed by atoms with Crippen molar-refractivity contribution in [1.82, 2.24) is 0 Å². The summed E-state index contributed by atoms with van der Waals surface area (Å²) in [5.74, 6) is 0. The molecule has 0 bridgehead atoms. The molecule has 0 amide bonds. The average molecular weight is 412 g/mol. The van der Waals surface area contributed by atoms with Crippen LogP contribution in [-0.2, 0) is 4.74 Å². The Bertz CT molecular complexity index is 279. The Morgan fingerprint density at radius 1 is 0.950 bits per heavy atom. The van der Waals surface area contributed by atoms with Crippen LogP contribution >= 0.6 is 7.26 Å². The van der Waals surface area contributed by atoms with E-state index >= 15 is 0 Å². The Kier molecular flexibility index (Phi) is 8.33. The first-order valence-corrected chi connectivity index (χ1v) is 10.6. The number of hydrogen-bond donors (Lipinski definition) is 0. The van der Waals surface area contributed by atoms with Crippen molar-refractivity contribution in [1.29, 1.82) is 0 Å². The molecule has 20 heavy (non-hydrogen) atoms. The van der Waals surface area contributed by atoms with E-state index in [1.165, 1.54) is 64.2 Å². The van der Waals surface area contributed by atoms with Gasteiger partial charge in [0.25, 0.3) is 0 Å². The number of halogens is 1. The standard InChI is InChI=1S/C16H30O2P.HI/c1-3-18-16(17)19(2,14-10-6-4-7-11-14)15-12-8-5-9-13-15;/h14-15H,3-13H2,1-2H3;1H/q+1;/p-1. The lowest BCUT2D eigenvalue weighted by Crippen LogP contribution is -3.00. The second kappa shape index (κ2) is 8.92. The van der Waals surface area contributed by atoms with E-state index in [0.717, 1.165) is 0 Å². The summed E-state index contributed by atoms with van der Waals surface area (Å²) in [6.45, 7) is 4.83. The highest BCUT2D eigenvalue weighted by Gasteiger charge is 2.56. The minimum Gasteiger partial charge on any atom is -1.00 e. The third-order valence-corrected chi connectivity index (χ3v) is 10.3. The average Bonchev–Trinajstić information content (AvgIpc) is 2.48. The van der Waals surface area contributed by atoms with Crippen LogP contribution in [0.15, 0.2) is 0 Å². The van der Waals surface area contributed by atoms with E-state index in [9.17, 15) is 4.79 Å². The summed E-state index contributed by atoms with van der Waals surface area (Å²) in [6, 6.07) is 0. The van der Waals surface area contributed by atoms with Gasteiger partial charge in [-0.1, -0.05) is 12.8 Å². The van der Waals surface area contributed by atoms with Gasteiger partial charge in [0.05, 0.1) is 24.6 Å². The van der Waals surface area contributed by atoms with Gasteiger partial charge in [-0.2, -0.15) is 0 Å². The summed E-state index contributed by atoms with van der Waals surface area (Å²) in [4.78, 5) is 12.7. The van der Waals surface area contributed by atoms with Crippen LogP contribution < -0.4 is 24.0 Å². The largest absolute Gasteiger partial charge is 1.00 e. The van der Waals surface area contributed by atoms with Crippen LogP contribution in [0.4, 0.5) is 4.79 Å². The van der Waals surface area contributed by atoms with E-state index in [1.807, 2.05) is 6.92 Å². The van der Waals surface area contributed by atoms with E-state index in [-0.39, 0.29) is 29.7 Å². The fraction of sp³-hybridized carbons (Fsp3) is 0.938. The fourth-order valence-corrected chi connectivity index (χ4v) is 8.57. The number of carbonyl (C=O) groups is 1. The first-order valence-electron chi connectivity index (χ1n) is 8.22. The van der Waals surface area contributed by atoms with Crippen molar-refractivity contribution in [3.8, 4) is 0 Å². The molecule has 0 aromatic heterocycles. The Morgan fingerprint density at radius 3 is 1.70 bits per heavy atom. The predicted molar refractivity (Wildman–Crippen MR) is 83.6 cm³/mol. The highest BCUT2D eigenvalue weighted by atomic mass is 127. The van der Waals surface area contributed by atoms with Crippen LogP contribution in [0.3, 0.4) is 0 Å². The second-order valence-electron chi connectivity index (χ2n) is 6.43. The molecule has 4 heteroatoms. The van der Waals surface area contributed by atoms with Gasteiger partial charge in [-0.25, -0.2) is 4.79 Å². The quantitative estimate of drug-likeness (QED) is 0.524. The smallest absolute Gasteiger partial charge is 0.450 e. The molecule has 2 aliphatic rings. The summed E-state index contributed by atoms with van der Waals surface area (Å²) >= 11 is 0. The zero-order chi connectivity index (χ0) is 13.7. The molecular formula is C16H30IO2P. The number of ether oxygens (including phenoxy) is 1. The lowest BCUT2D eigenvalue weighted by molar-refractivity contribution is -0.00000888. The van der Waals surface area contributed by atoms with Crippen LogP contribution in [-0.4, -0.2) is 30.3 Å². The lowest BCUT2D eigenvalue weighted by atomic mass is 9.99. The number of rotatable bonds is 4. The first kappa shape index (κ1) is 18.7. The summed E-state index contributed by atoms with van der Waals surface area (Å²) < 4.78 is 5.52. The van der Waals surface area contributed by atoms with Crippen LogP contribution in [0.5, 0.6) is 0 Å². The third-order valence-electron chi connectivity index (χ3n) is 5.33. The van der Waals surface area contributed by atoms with E-state index in [2.05, 4.69) is 6.66 Å². The topological polar surface area (TPSA) is 26.3 Å². The summed E-state index contributed by atoms with van der Waals surface area (Å²) in [5.41, 5.74) is 1.54. The summed E-state index contributed by atoms with van der Waals surface area (Å²) in [7, 11) is -1.59. The Labute approximate surface area is 142 Å². The molecule has 0 aromatic carbocycles. The van der Waals surface area contributed by atoms with Crippen molar-refractivity contribution >= 4 is 13.0 Å². The molecule has 2 nitrogen and oxygen atoms in total. The van der Waals surface area contributed by atoms with Crippen molar-refractivity contribution in [2.45, 2.75) is 82.4 Å². The molecule has 0 spiro atoms.